The Balaban J connectivity index is 1.39. The van der Waals surface area contributed by atoms with Gasteiger partial charge < -0.3 is 28.9 Å². The zero-order valence-electron chi connectivity index (χ0n) is 30.2. The lowest BCUT2D eigenvalue weighted by Gasteiger charge is -2.32. The predicted octanol–water partition coefficient (Wildman–Crippen LogP) is 6.53. The van der Waals surface area contributed by atoms with Gasteiger partial charge in [-0.25, -0.2) is 24.1 Å². The molecule has 1 aromatic carbocycles. The minimum atomic E-state index is -1.35. The predicted molar refractivity (Wildman–Crippen MR) is 195 cm³/mol. The van der Waals surface area contributed by atoms with Crippen molar-refractivity contribution in [3.05, 3.63) is 71.1 Å². The molecule has 1 atom stereocenters. The highest BCUT2D eigenvalue weighted by molar-refractivity contribution is 6.01. The molecule has 4 aromatic heterocycles. The van der Waals surface area contributed by atoms with Crippen LogP contribution in [0.4, 0.5) is 10.3 Å². The maximum atomic E-state index is 15.8. The molecule has 0 radical (unpaired) electrons. The van der Waals surface area contributed by atoms with Crippen molar-refractivity contribution < 1.29 is 23.8 Å². The van der Waals surface area contributed by atoms with Crippen LogP contribution in [-0.4, -0.2) is 85.9 Å². The summed E-state index contributed by atoms with van der Waals surface area (Å²) in [7, 11) is 4.04. The summed E-state index contributed by atoms with van der Waals surface area (Å²) in [6.07, 6.45) is 5.45. The third-order valence-corrected chi connectivity index (χ3v) is 9.84. The normalized spacial score (nSPS) is 15.9. The Morgan fingerprint density at radius 3 is 2.43 bits per heavy atom. The summed E-state index contributed by atoms with van der Waals surface area (Å²) in [5.41, 5.74) is 6.76. The number of rotatable bonds is 7. The first kappa shape index (κ1) is 34.5. The molecule has 12 heteroatoms. The van der Waals surface area contributed by atoms with E-state index in [1.807, 2.05) is 69.9 Å². The first-order valence-electron chi connectivity index (χ1n) is 17.4. The Kier molecular flexibility index (Phi) is 9.01. The van der Waals surface area contributed by atoms with Crippen molar-refractivity contribution in [3.63, 3.8) is 0 Å². The quantitative estimate of drug-likeness (QED) is 0.202. The Hall–Kier alpha value is -4.94. The van der Waals surface area contributed by atoms with Gasteiger partial charge in [0.05, 0.1) is 23.6 Å². The zero-order valence-corrected chi connectivity index (χ0v) is 30.2. The van der Waals surface area contributed by atoms with Crippen molar-refractivity contribution in [1.82, 2.24) is 29.4 Å². The van der Waals surface area contributed by atoms with E-state index in [4.69, 9.17) is 14.5 Å². The number of aliphatic carboxylic acids is 1. The lowest BCUT2D eigenvalue weighted by Crippen LogP contribution is -2.45. The van der Waals surface area contributed by atoms with Crippen molar-refractivity contribution in [1.29, 1.82) is 0 Å². The number of benzene rings is 1. The number of aromatic nitrogens is 5. The summed E-state index contributed by atoms with van der Waals surface area (Å²) >= 11 is 0. The monoisotopic (exact) mass is 693 g/mol. The van der Waals surface area contributed by atoms with Crippen LogP contribution in [0.15, 0.2) is 42.9 Å². The fraction of sp³-hybridized carbons (Fsp3) is 0.410. The molecule has 2 aliphatic heterocycles. The highest BCUT2D eigenvalue weighted by Crippen LogP contribution is 2.45. The summed E-state index contributed by atoms with van der Waals surface area (Å²) in [6, 6.07) is 7.38. The molecule has 266 valence electrons. The number of aryl methyl sites for hydroxylation is 2. The number of carbonyl (C=O) groups is 1. The number of likely N-dealkylation sites (N-methyl/N-ethyl adjacent to an activating group) is 1. The number of pyridine rings is 2. The molecule has 0 spiro atoms. The minimum Gasteiger partial charge on any atom is -0.490 e. The molecule has 11 nitrogen and oxygen atoms in total. The molecule has 0 bridgehead atoms. The number of hydrogen-bond acceptors (Lipinski definition) is 9. The number of ether oxygens (including phenoxy) is 2. The van der Waals surface area contributed by atoms with Gasteiger partial charge >= 0.3 is 5.97 Å². The van der Waals surface area contributed by atoms with Gasteiger partial charge in [-0.05, 0) is 89.9 Å². The number of piperazine rings is 1. The van der Waals surface area contributed by atoms with E-state index in [-0.39, 0.29) is 5.75 Å². The Labute approximate surface area is 297 Å². The van der Waals surface area contributed by atoms with Crippen LogP contribution < -0.4 is 9.64 Å². The number of nitrogens with zero attached hydrogens (tertiary/aromatic N) is 7. The molecule has 7 rings (SSSR count). The molecule has 1 saturated heterocycles. The molecule has 2 aliphatic rings. The van der Waals surface area contributed by atoms with Crippen molar-refractivity contribution in [3.8, 4) is 39.4 Å². The third kappa shape index (κ3) is 6.54. The van der Waals surface area contributed by atoms with Crippen LogP contribution in [0.1, 0.15) is 55.7 Å². The van der Waals surface area contributed by atoms with Gasteiger partial charge in [0.1, 0.15) is 5.65 Å². The number of halogens is 1. The van der Waals surface area contributed by atoms with Crippen LogP contribution >= 0.6 is 0 Å². The van der Waals surface area contributed by atoms with Gasteiger partial charge in [0.2, 0.25) is 5.95 Å². The first-order valence-corrected chi connectivity index (χ1v) is 17.4. The van der Waals surface area contributed by atoms with E-state index in [1.165, 1.54) is 6.07 Å². The molecule has 0 aliphatic carbocycles. The molecule has 51 heavy (non-hydrogen) atoms. The van der Waals surface area contributed by atoms with Crippen LogP contribution in [0.3, 0.4) is 0 Å². The molecule has 1 unspecified atom stereocenters. The molecule has 1 fully saturated rings. The highest BCUT2D eigenvalue weighted by Gasteiger charge is 2.34. The van der Waals surface area contributed by atoms with Gasteiger partial charge in [0, 0.05) is 90.7 Å². The van der Waals surface area contributed by atoms with E-state index in [1.54, 1.807) is 13.1 Å². The minimum absolute atomic E-state index is 0.269. The standard InChI is InChI=1S/C39H44FN7O4/c1-22-26-9-8-16-50-34(26)29(40)18-27(22)33-28-19-31(46(7)36(28)44-23(2)32(33)35(37(48)49)51-39(3,4)5)24-10-11-41-30(17-24)25-20-42-38(43-21-25)47-14-12-45(6)13-15-47/h10-11,17-21,35H,8-9,12-16H2,1-7H3,(H,48,49). The number of carboxylic acids is 1. The average Bonchev–Trinajstić information content (AvgIpc) is 3.43. The van der Waals surface area contributed by atoms with Gasteiger partial charge in [-0.3, -0.25) is 4.98 Å². The van der Waals surface area contributed by atoms with Crippen molar-refractivity contribution in [2.45, 2.75) is 59.2 Å². The van der Waals surface area contributed by atoms with E-state index in [2.05, 4.69) is 31.8 Å². The van der Waals surface area contributed by atoms with Crippen LogP contribution in [0.5, 0.6) is 5.75 Å². The zero-order chi connectivity index (χ0) is 36.2. The topological polar surface area (TPSA) is 119 Å². The highest BCUT2D eigenvalue weighted by atomic mass is 19.1. The molecule has 0 amide bonds. The summed E-state index contributed by atoms with van der Waals surface area (Å²) < 4.78 is 29.8. The van der Waals surface area contributed by atoms with Gasteiger partial charge in [-0.1, -0.05) is 0 Å². The summed E-state index contributed by atoms with van der Waals surface area (Å²) in [6.45, 7) is 13.3. The molecule has 1 N–H and O–H groups in total. The largest absolute Gasteiger partial charge is 0.490 e. The van der Waals surface area contributed by atoms with Crippen LogP contribution in [0.2, 0.25) is 0 Å². The van der Waals surface area contributed by atoms with E-state index < -0.39 is 23.5 Å². The van der Waals surface area contributed by atoms with E-state index in [0.29, 0.717) is 58.1 Å². The molecular formula is C39H44FN7O4. The van der Waals surface area contributed by atoms with Gasteiger partial charge in [-0.2, -0.15) is 0 Å². The maximum absolute atomic E-state index is 15.8. The average molecular weight is 694 g/mol. The summed E-state index contributed by atoms with van der Waals surface area (Å²) in [5.74, 6) is -0.647. The Morgan fingerprint density at radius 2 is 1.75 bits per heavy atom. The molecule has 0 saturated carbocycles. The van der Waals surface area contributed by atoms with E-state index in [9.17, 15) is 9.90 Å². The van der Waals surface area contributed by atoms with Crippen LogP contribution in [0.25, 0.3) is 44.7 Å². The number of hydrogen-bond donors (Lipinski definition) is 1. The van der Waals surface area contributed by atoms with Crippen molar-refractivity contribution in [2.24, 2.45) is 7.05 Å². The molecule has 6 heterocycles. The van der Waals surface area contributed by atoms with Crippen LogP contribution in [0, 0.1) is 19.7 Å². The van der Waals surface area contributed by atoms with E-state index in [0.717, 1.165) is 60.5 Å². The Bertz CT molecular complexity index is 2130. The maximum Gasteiger partial charge on any atom is 0.337 e. The number of carboxylic acid groups (broad SMARTS) is 1. The first-order chi connectivity index (χ1) is 24.3. The third-order valence-electron chi connectivity index (χ3n) is 9.84. The van der Waals surface area contributed by atoms with Crippen LogP contribution in [-0.2, 0) is 23.0 Å². The molecule has 5 aromatic rings. The second-order valence-corrected chi connectivity index (χ2v) is 14.5. The van der Waals surface area contributed by atoms with Crippen molar-refractivity contribution >= 4 is 23.0 Å². The second-order valence-electron chi connectivity index (χ2n) is 14.5. The lowest BCUT2D eigenvalue weighted by molar-refractivity contribution is -0.160. The fourth-order valence-electron chi connectivity index (χ4n) is 7.22. The molecular weight excluding hydrogens is 649 g/mol. The van der Waals surface area contributed by atoms with Gasteiger partial charge in [-0.15, -0.1) is 0 Å². The van der Waals surface area contributed by atoms with E-state index >= 15 is 4.39 Å². The Morgan fingerprint density at radius 1 is 1.02 bits per heavy atom. The lowest BCUT2D eigenvalue weighted by atomic mass is 9.86. The second kappa shape index (κ2) is 13.3. The van der Waals surface area contributed by atoms with Crippen molar-refractivity contribution in [2.75, 3.05) is 44.7 Å². The fourth-order valence-corrected chi connectivity index (χ4v) is 7.22. The SMILES string of the molecule is Cc1nc2c(cc(-c3ccnc(-c4cnc(N5CCN(C)CC5)nc4)c3)n2C)c(-c2cc(F)c3c(c2C)CCCO3)c1C(OC(C)(C)C)C(=O)O. The number of fused-ring (bicyclic) bond motifs is 2. The van der Waals surface area contributed by atoms with Gasteiger partial charge in [0.25, 0.3) is 0 Å². The number of anilines is 1. The van der Waals surface area contributed by atoms with Gasteiger partial charge in [0.15, 0.2) is 17.7 Å². The smallest absolute Gasteiger partial charge is 0.337 e. The summed E-state index contributed by atoms with van der Waals surface area (Å²) in [4.78, 5) is 36.4. The summed E-state index contributed by atoms with van der Waals surface area (Å²) in [5, 5.41) is 11.3.